The van der Waals surface area contributed by atoms with E-state index in [1.54, 1.807) is 0 Å². The molecule has 0 aliphatic heterocycles. The first-order valence-electron chi connectivity index (χ1n) is 5.91. The lowest BCUT2D eigenvalue weighted by Crippen LogP contribution is -1.92. The second-order valence-electron chi connectivity index (χ2n) is 4.33. The van der Waals surface area contributed by atoms with Crippen molar-refractivity contribution in [3.8, 4) is 6.07 Å². The van der Waals surface area contributed by atoms with Gasteiger partial charge in [0.25, 0.3) is 0 Å². The number of nitrogens with zero attached hydrogens (tertiary/aromatic N) is 2. The Morgan fingerprint density at radius 3 is 2.84 bits per heavy atom. The SMILES string of the molecule is Cc1oc(Nc2nc3ccccc3[nH]2)c(C#N)c1C. The number of aryl methyl sites for hydroxylation is 1. The Hall–Kier alpha value is -2.74. The average molecular weight is 252 g/mol. The Morgan fingerprint density at radius 1 is 1.32 bits per heavy atom. The molecule has 5 heteroatoms. The van der Waals surface area contributed by atoms with Crippen LogP contribution in [0.3, 0.4) is 0 Å². The molecule has 0 aliphatic rings. The van der Waals surface area contributed by atoms with Gasteiger partial charge in [-0.05, 0) is 26.0 Å². The normalized spacial score (nSPS) is 10.6. The van der Waals surface area contributed by atoms with Crippen LogP contribution in [0.1, 0.15) is 16.9 Å². The van der Waals surface area contributed by atoms with Gasteiger partial charge in [-0.15, -0.1) is 0 Å². The van der Waals surface area contributed by atoms with Gasteiger partial charge in [-0.2, -0.15) is 5.26 Å². The summed E-state index contributed by atoms with van der Waals surface area (Å²) in [5.74, 6) is 1.72. The minimum atomic E-state index is 0.427. The van der Waals surface area contributed by atoms with E-state index in [4.69, 9.17) is 9.68 Å². The van der Waals surface area contributed by atoms with E-state index in [2.05, 4.69) is 21.4 Å². The van der Waals surface area contributed by atoms with Crippen LogP contribution >= 0.6 is 0 Å². The molecule has 0 atom stereocenters. The number of anilines is 2. The number of para-hydroxylation sites is 2. The zero-order valence-corrected chi connectivity index (χ0v) is 10.6. The van der Waals surface area contributed by atoms with Crippen LogP contribution in [0.25, 0.3) is 11.0 Å². The van der Waals surface area contributed by atoms with Crippen LogP contribution in [0.5, 0.6) is 0 Å². The molecule has 2 heterocycles. The van der Waals surface area contributed by atoms with Crippen LogP contribution in [-0.4, -0.2) is 9.97 Å². The number of nitrogens with one attached hydrogen (secondary N) is 2. The van der Waals surface area contributed by atoms with Crippen LogP contribution in [0, 0.1) is 25.2 Å². The molecule has 0 unspecified atom stereocenters. The van der Waals surface area contributed by atoms with E-state index in [9.17, 15) is 0 Å². The molecule has 0 amide bonds. The summed E-state index contributed by atoms with van der Waals surface area (Å²) in [6, 6.07) is 9.86. The summed E-state index contributed by atoms with van der Waals surface area (Å²) < 4.78 is 5.54. The van der Waals surface area contributed by atoms with Crippen molar-refractivity contribution in [2.75, 3.05) is 5.32 Å². The topological polar surface area (TPSA) is 77.6 Å². The van der Waals surface area contributed by atoms with Gasteiger partial charge in [0, 0.05) is 5.56 Å². The van der Waals surface area contributed by atoms with Crippen LogP contribution in [0.4, 0.5) is 11.8 Å². The van der Waals surface area contributed by atoms with Gasteiger partial charge in [-0.1, -0.05) is 12.1 Å². The van der Waals surface area contributed by atoms with Gasteiger partial charge in [0.05, 0.1) is 11.0 Å². The molecule has 0 aliphatic carbocycles. The summed E-state index contributed by atoms with van der Waals surface area (Å²) in [5, 5.41) is 12.2. The van der Waals surface area contributed by atoms with Gasteiger partial charge in [0.15, 0.2) is 0 Å². The highest BCUT2D eigenvalue weighted by molar-refractivity contribution is 5.78. The van der Waals surface area contributed by atoms with Gasteiger partial charge >= 0.3 is 0 Å². The molecule has 2 aromatic heterocycles. The summed E-state index contributed by atoms with van der Waals surface area (Å²) in [4.78, 5) is 7.52. The second-order valence-corrected chi connectivity index (χ2v) is 4.33. The third kappa shape index (κ3) is 1.83. The smallest absolute Gasteiger partial charge is 0.218 e. The number of hydrogen-bond donors (Lipinski definition) is 2. The quantitative estimate of drug-likeness (QED) is 0.732. The van der Waals surface area contributed by atoms with Crippen LogP contribution in [0.2, 0.25) is 0 Å². The molecule has 3 aromatic rings. The molecular formula is C14H12N4O. The molecule has 0 saturated carbocycles. The molecule has 0 spiro atoms. The third-order valence-corrected chi connectivity index (χ3v) is 3.12. The number of imidazole rings is 1. The van der Waals surface area contributed by atoms with Crippen LogP contribution in [0.15, 0.2) is 28.7 Å². The van der Waals surface area contributed by atoms with E-state index in [0.717, 1.165) is 22.4 Å². The molecule has 3 rings (SSSR count). The second kappa shape index (κ2) is 4.18. The first-order valence-corrected chi connectivity index (χ1v) is 5.91. The molecule has 94 valence electrons. The summed E-state index contributed by atoms with van der Waals surface area (Å²) in [7, 11) is 0. The Labute approximate surface area is 109 Å². The fourth-order valence-corrected chi connectivity index (χ4v) is 1.97. The molecule has 0 fully saturated rings. The number of aromatic amines is 1. The number of aromatic nitrogens is 2. The molecule has 0 radical (unpaired) electrons. The van der Waals surface area contributed by atoms with Crippen LogP contribution < -0.4 is 5.32 Å². The van der Waals surface area contributed by atoms with Crippen molar-refractivity contribution in [2.24, 2.45) is 0 Å². The van der Waals surface area contributed by atoms with Gasteiger partial charge in [0.1, 0.15) is 17.4 Å². The average Bonchev–Trinajstić information content (AvgIpc) is 2.91. The lowest BCUT2D eigenvalue weighted by molar-refractivity contribution is 0.547. The Balaban J connectivity index is 2.01. The van der Waals surface area contributed by atoms with Crippen molar-refractivity contribution in [1.82, 2.24) is 9.97 Å². The Bertz CT molecular complexity index is 758. The van der Waals surface area contributed by atoms with E-state index in [1.165, 1.54) is 0 Å². The maximum Gasteiger partial charge on any atom is 0.218 e. The Kier molecular flexibility index (Phi) is 2.50. The number of hydrogen-bond acceptors (Lipinski definition) is 4. The van der Waals surface area contributed by atoms with Gasteiger partial charge in [0.2, 0.25) is 11.8 Å². The highest BCUT2D eigenvalue weighted by Gasteiger charge is 2.15. The van der Waals surface area contributed by atoms with Gasteiger partial charge in [-0.25, -0.2) is 4.98 Å². The number of nitriles is 1. The predicted molar refractivity (Wildman–Crippen MR) is 72.3 cm³/mol. The first kappa shape index (κ1) is 11.4. The van der Waals surface area contributed by atoms with Crippen molar-refractivity contribution in [3.05, 3.63) is 41.2 Å². The number of fused-ring (bicyclic) bond motifs is 1. The van der Waals surface area contributed by atoms with Crippen molar-refractivity contribution >= 4 is 22.9 Å². The predicted octanol–water partition coefficient (Wildman–Crippen LogP) is 3.39. The number of furan rings is 1. The fraction of sp³-hybridized carbons (Fsp3) is 0.143. The summed E-state index contributed by atoms with van der Waals surface area (Å²) in [6.45, 7) is 3.70. The summed E-state index contributed by atoms with van der Waals surface area (Å²) in [5.41, 5.74) is 3.16. The third-order valence-electron chi connectivity index (χ3n) is 3.12. The van der Waals surface area contributed by atoms with E-state index in [-0.39, 0.29) is 0 Å². The minimum Gasteiger partial charge on any atom is -0.444 e. The van der Waals surface area contributed by atoms with E-state index in [0.29, 0.717) is 17.4 Å². The van der Waals surface area contributed by atoms with E-state index >= 15 is 0 Å². The Morgan fingerprint density at radius 2 is 2.11 bits per heavy atom. The zero-order chi connectivity index (χ0) is 13.4. The first-order chi connectivity index (χ1) is 9.19. The van der Waals surface area contributed by atoms with Gasteiger partial charge in [-0.3, -0.25) is 5.32 Å². The van der Waals surface area contributed by atoms with Crippen molar-refractivity contribution in [1.29, 1.82) is 5.26 Å². The summed E-state index contributed by atoms with van der Waals surface area (Å²) >= 11 is 0. The minimum absolute atomic E-state index is 0.427. The fourth-order valence-electron chi connectivity index (χ4n) is 1.97. The zero-order valence-electron chi connectivity index (χ0n) is 10.6. The van der Waals surface area contributed by atoms with Gasteiger partial charge < -0.3 is 9.40 Å². The maximum absolute atomic E-state index is 9.15. The highest BCUT2D eigenvalue weighted by Crippen LogP contribution is 2.28. The molecule has 0 bridgehead atoms. The number of rotatable bonds is 2. The lowest BCUT2D eigenvalue weighted by Gasteiger charge is -1.97. The largest absolute Gasteiger partial charge is 0.444 e. The molecule has 2 N–H and O–H groups in total. The van der Waals surface area contributed by atoms with Crippen LogP contribution in [-0.2, 0) is 0 Å². The lowest BCUT2D eigenvalue weighted by atomic mass is 10.2. The molecule has 19 heavy (non-hydrogen) atoms. The number of benzene rings is 1. The van der Waals surface area contributed by atoms with Crippen molar-refractivity contribution < 1.29 is 4.42 Å². The monoisotopic (exact) mass is 252 g/mol. The van der Waals surface area contributed by atoms with Crippen molar-refractivity contribution in [3.63, 3.8) is 0 Å². The van der Waals surface area contributed by atoms with E-state index in [1.807, 2.05) is 38.1 Å². The molecular weight excluding hydrogens is 240 g/mol. The highest BCUT2D eigenvalue weighted by atomic mass is 16.4. The molecule has 5 nitrogen and oxygen atoms in total. The molecule has 1 aromatic carbocycles. The maximum atomic E-state index is 9.15. The van der Waals surface area contributed by atoms with Crippen molar-refractivity contribution in [2.45, 2.75) is 13.8 Å². The summed E-state index contributed by atoms with van der Waals surface area (Å²) in [6.07, 6.45) is 0. The number of H-pyrrole nitrogens is 1. The van der Waals surface area contributed by atoms with E-state index < -0.39 is 0 Å². The molecule has 0 saturated heterocycles. The standard InChI is InChI=1S/C14H12N4O/c1-8-9(2)19-13(10(8)7-15)18-14-16-11-5-3-4-6-12(11)17-14/h3-6H,1-2H3,(H2,16,17,18).